The van der Waals surface area contributed by atoms with E-state index in [2.05, 4.69) is 100 Å². The highest BCUT2D eigenvalue weighted by atomic mass is 79.9. The SMILES string of the molecule is Cc1cc(/C=C2\SC(Nc3ccccc3)N([C@@H]3CCCC[C@@H]3C)C2=O)c(C)n1-c1ccc(Br)cc1. The van der Waals surface area contributed by atoms with Gasteiger partial charge in [0.2, 0.25) is 0 Å². The zero-order valence-corrected chi connectivity index (χ0v) is 22.9. The summed E-state index contributed by atoms with van der Waals surface area (Å²) in [6, 6.07) is 21.0. The molecule has 2 aliphatic rings. The third-order valence-electron chi connectivity index (χ3n) is 7.27. The highest BCUT2D eigenvalue weighted by Gasteiger charge is 2.43. The van der Waals surface area contributed by atoms with Crippen molar-refractivity contribution < 1.29 is 4.79 Å². The number of para-hydroxylation sites is 1. The minimum Gasteiger partial charge on any atom is -0.356 e. The first kappa shape index (κ1) is 24.3. The highest BCUT2D eigenvalue weighted by molar-refractivity contribution is 9.10. The lowest BCUT2D eigenvalue weighted by Gasteiger charge is -2.39. The molecule has 5 rings (SSSR count). The zero-order valence-electron chi connectivity index (χ0n) is 20.5. The van der Waals surface area contributed by atoms with E-state index in [-0.39, 0.29) is 17.4 Å². The normalized spacial score (nSPS) is 23.8. The number of thioether (sulfide) groups is 1. The fourth-order valence-electron chi connectivity index (χ4n) is 5.43. The maximum absolute atomic E-state index is 13.9. The molecular formula is C29H32BrN3OS. The Kier molecular flexibility index (Phi) is 7.12. The van der Waals surface area contributed by atoms with Crippen molar-refractivity contribution in [2.75, 3.05) is 5.32 Å². The van der Waals surface area contributed by atoms with Crippen LogP contribution in [-0.4, -0.2) is 26.9 Å². The Balaban J connectivity index is 1.49. The van der Waals surface area contributed by atoms with Gasteiger partial charge in [0.1, 0.15) is 0 Å². The van der Waals surface area contributed by atoms with E-state index in [1.807, 2.05) is 18.2 Å². The van der Waals surface area contributed by atoms with Crippen LogP contribution in [0.5, 0.6) is 0 Å². The number of aromatic nitrogens is 1. The van der Waals surface area contributed by atoms with Gasteiger partial charge in [0.05, 0.1) is 4.91 Å². The van der Waals surface area contributed by atoms with E-state index in [1.165, 1.54) is 19.3 Å². The van der Waals surface area contributed by atoms with Gasteiger partial charge >= 0.3 is 0 Å². The number of aryl methyl sites for hydroxylation is 1. The van der Waals surface area contributed by atoms with Crippen LogP contribution in [0.25, 0.3) is 11.8 Å². The Morgan fingerprint density at radius 3 is 2.46 bits per heavy atom. The first-order valence-corrected chi connectivity index (χ1v) is 14.1. The molecule has 3 aromatic rings. The molecule has 1 amide bonds. The van der Waals surface area contributed by atoms with Crippen molar-refractivity contribution in [3.8, 4) is 5.69 Å². The van der Waals surface area contributed by atoms with Gasteiger partial charge in [0.15, 0.2) is 5.50 Å². The Morgan fingerprint density at radius 1 is 1.03 bits per heavy atom. The van der Waals surface area contributed by atoms with E-state index < -0.39 is 0 Å². The highest BCUT2D eigenvalue weighted by Crippen LogP contribution is 2.42. The first-order valence-electron chi connectivity index (χ1n) is 12.4. The van der Waals surface area contributed by atoms with Crippen LogP contribution < -0.4 is 5.32 Å². The van der Waals surface area contributed by atoms with Gasteiger partial charge in [-0.05, 0) is 86.7 Å². The predicted octanol–water partition coefficient (Wildman–Crippen LogP) is 7.75. The van der Waals surface area contributed by atoms with Gasteiger partial charge in [-0.2, -0.15) is 0 Å². The lowest BCUT2D eigenvalue weighted by Crippen LogP contribution is -2.48. The largest absolute Gasteiger partial charge is 0.356 e. The van der Waals surface area contributed by atoms with Gasteiger partial charge in [-0.3, -0.25) is 4.79 Å². The van der Waals surface area contributed by atoms with Gasteiger partial charge in [0, 0.05) is 33.3 Å². The first-order chi connectivity index (χ1) is 16.9. The van der Waals surface area contributed by atoms with Crippen LogP contribution in [0.1, 0.15) is 49.6 Å². The molecule has 2 aromatic carbocycles. The molecular weight excluding hydrogens is 518 g/mol. The number of hydrogen-bond acceptors (Lipinski definition) is 3. The molecule has 1 aliphatic heterocycles. The fraction of sp³-hybridized carbons (Fsp3) is 0.345. The number of carbonyl (C=O) groups is 1. The van der Waals surface area contributed by atoms with Crippen LogP contribution in [-0.2, 0) is 4.79 Å². The molecule has 2 fully saturated rings. The molecule has 35 heavy (non-hydrogen) atoms. The number of nitrogens with zero attached hydrogens (tertiary/aromatic N) is 2. The molecule has 0 spiro atoms. The number of anilines is 1. The number of halogens is 1. The monoisotopic (exact) mass is 549 g/mol. The summed E-state index contributed by atoms with van der Waals surface area (Å²) < 4.78 is 3.32. The molecule has 1 saturated heterocycles. The molecule has 6 heteroatoms. The van der Waals surface area contributed by atoms with E-state index >= 15 is 0 Å². The third kappa shape index (κ3) is 4.96. The maximum Gasteiger partial charge on any atom is 0.262 e. The quantitative estimate of drug-likeness (QED) is 0.330. The molecule has 1 aromatic heterocycles. The van der Waals surface area contributed by atoms with E-state index in [9.17, 15) is 4.79 Å². The van der Waals surface area contributed by atoms with Crippen LogP contribution in [0.2, 0.25) is 0 Å². The van der Waals surface area contributed by atoms with Crippen molar-refractivity contribution in [1.29, 1.82) is 0 Å². The molecule has 1 saturated carbocycles. The summed E-state index contributed by atoms with van der Waals surface area (Å²) in [6.45, 7) is 6.55. The molecule has 0 bridgehead atoms. The van der Waals surface area contributed by atoms with Crippen molar-refractivity contribution >= 4 is 45.4 Å². The van der Waals surface area contributed by atoms with Gasteiger partial charge < -0.3 is 14.8 Å². The van der Waals surface area contributed by atoms with Crippen molar-refractivity contribution in [2.45, 2.75) is 58.0 Å². The summed E-state index contributed by atoms with van der Waals surface area (Å²) in [4.78, 5) is 16.8. The second-order valence-corrected chi connectivity index (χ2v) is 11.7. The number of rotatable bonds is 5. The molecule has 4 nitrogen and oxygen atoms in total. The summed E-state index contributed by atoms with van der Waals surface area (Å²) >= 11 is 5.17. The predicted molar refractivity (Wildman–Crippen MR) is 151 cm³/mol. The molecule has 0 radical (unpaired) electrons. The van der Waals surface area contributed by atoms with Crippen molar-refractivity contribution in [3.63, 3.8) is 0 Å². The topological polar surface area (TPSA) is 37.3 Å². The maximum atomic E-state index is 13.9. The fourth-order valence-corrected chi connectivity index (χ4v) is 6.90. The van der Waals surface area contributed by atoms with E-state index in [4.69, 9.17) is 0 Å². The minimum atomic E-state index is -0.100. The minimum absolute atomic E-state index is 0.100. The van der Waals surface area contributed by atoms with Gasteiger partial charge in [-0.15, -0.1) is 0 Å². The Bertz CT molecular complexity index is 1230. The van der Waals surface area contributed by atoms with Crippen LogP contribution in [0, 0.1) is 19.8 Å². The van der Waals surface area contributed by atoms with E-state index in [0.29, 0.717) is 5.92 Å². The van der Waals surface area contributed by atoms with Crippen molar-refractivity contribution in [2.24, 2.45) is 5.92 Å². The van der Waals surface area contributed by atoms with E-state index in [1.54, 1.807) is 11.8 Å². The molecule has 1 unspecified atom stereocenters. The molecule has 1 aliphatic carbocycles. The second-order valence-electron chi connectivity index (χ2n) is 9.67. The average molecular weight is 551 g/mol. The summed E-state index contributed by atoms with van der Waals surface area (Å²) in [6.07, 6.45) is 6.80. The molecule has 2 heterocycles. The molecule has 3 atom stereocenters. The van der Waals surface area contributed by atoms with Gasteiger partial charge in [-0.25, -0.2) is 0 Å². The third-order valence-corrected chi connectivity index (χ3v) is 8.91. The lowest BCUT2D eigenvalue weighted by atomic mass is 9.85. The number of nitrogens with one attached hydrogen (secondary N) is 1. The summed E-state index contributed by atoms with van der Waals surface area (Å²) in [5.41, 5.74) is 5.46. The van der Waals surface area contributed by atoms with Crippen LogP contribution >= 0.6 is 27.7 Å². The van der Waals surface area contributed by atoms with Gasteiger partial charge in [0.25, 0.3) is 5.91 Å². The standard InChI is InChI=1S/C29H32BrN3OS/c1-19-9-7-8-12-26(19)33-28(34)27(35-29(33)31-24-10-5-4-6-11-24)18-22-17-20(2)32(21(22)3)25-15-13-23(30)14-16-25/h4-6,10-11,13-19,26,29,31H,7-9,12H2,1-3H3/b27-18-/t19-,26+,29?/m0/s1. The molecule has 182 valence electrons. The Hall–Kier alpha value is -2.44. The van der Waals surface area contributed by atoms with Crippen LogP contribution in [0.3, 0.4) is 0 Å². The zero-order chi connectivity index (χ0) is 24.5. The molecule has 1 N–H and O–H groups in total. The van der Waals surface area contributed by atoms with Crippen molar-refractivity contribution in [1.82, 2.24) is 9.47 Å². The number of hydrogen-bond donors (Lipinski definition) is 1. The number of amides is 1. The van der Waals surface area contributed by atoms with Gasteiger partial charge in [-0.1, -0.05) is 65.7 Å². The summed E-state index contributed by atoms with van der Waals surface area (Å²) in [5, 5.41) is 3.63. The number of carbonyl (C=O) groups excluding carboxylic acids is 1. The summed E-state index contributed by atoms with van der Waals surface area (Å²) in [5.74, 6) is 0.658. The summed E-state index contributed by atoms with van der Waals surface area (Å²) in [7, 11) is 0. The Morgan fingerprint density at radius 2 is 1.74 bits per heavy atom. The van der Waals surface area contributed by atoms with Crippen LogP contribution in [0.15, 0.2) is 70.0 Å². The van der Waals surface area contributed by atoms with Crippen molar-refractivity contribution in [3.05, 3.63) is 87.0 Å². The van der Waals surface area contributed by atoms with Crippen LogP contribution in [0.4, 0.5) is 5.69 Å². The number of benzene rings is 2. The average Bonchev–Trinajstić information content (AvgIpc) is 3.30. The second kappa shape index (κ2) is 10.3. The lowest BCUT2D eigenvalue weighted by molar-refractivity contribution is -0.129. The smallest absolute Gasteiger partial charge is 0.262 e. The van der Waals surface area contributed by atoms with E-state index in [0.717, 1.165) is 44.1 Å². The Labute approximate surface area is 220 Å².